The van der Waals surface area contributed by atoms with Crippen LogP contribution in [0.1, 0.15) is 16.7 Å². The van der Waals surface area contributed by atoms with Gasteiger partial charge in [-0.25, -0.2) is 0 Å². The number of aliphatic hydroxyl groups excluding tert-OH is 1. The molecule has 0 aliphatic heterocycles. The quantitative estimate of drug-likeness (QED) is 0.485. The van der Waals surface area contributed by atoms with Crippen LogP contribution in [-0.4, -0.2) is 38.5 Å². The monoisotopic (exact) mass is 422 g/mol. The zero-order valence-corrected chi connectivity index (χ0v) is 16.9. The van der Waals surface area contributed by atoms with Crippen molar-refractivity contribution in [3.8, 4) is 11.5 Å². The number of methoxy groups -OCH3 is 1. The third-order valence-electron chi connectivity index (χ3n) is 3.85. The molecule has 0 atom stereocenters. The molecule has 0 saturated heterocycles. The van der Waals surface area contributed by atoms with Crippen molar-refractivity contribution in [2.75, 3.05) is 33.4 Å². The van der Waals surface area contributed by atoms with Gasteiger partial charge in [-0.1, -0.05) is 29.8 Å². The van der Waals surface area contributed by atoms with Crippen molar-refractivity contribution >= 4 is 15.9 Å². The molecular formula is C20H27BrN2O3. The van der Waals surface area contributed by atoms with E-state index in [-0.39, 0.29) is 6.61 Å². The SMILES string of the molecule is COc1cc(CNCCNCCO)cc(Br)c1OCc1cccc(C)c1. The fourth-order valence-electron chi connectivity index (χ4n) is 2.59. The molecule has 2 aromatic carbocycles. The highest BCUT2D eigenvalue weighted by Gasteiger charge is 2.12. The highest BCUT2D eigenvalue weighted by Crippen LogP contribution is 2.37. The minimum atomic E-state index is 0.161. The first kappa shape index (κ1) is 20.7. The number of aryl methyl sites for hydroxylation is 1. The van der Waals surface area contributed by atoms with Crippen LogP contribution in [0.25, 0.3) is 0 Å². The Morgan fingerprint density at radius 1 is 1.04 bits per heavy atom. The summed E-state index contributed by atoms with van der Waals surface area (Å²) in [6, 6.07) is 12.3. The maximum Gasteiger partial charge on any atom is 0.175 e. The molecular weight excluding hydrogens is 396 g/mol. The van der Waals surface area contributed by atoms with E-state index in [0.29, 0.717) is 24.7 Å². The molecule has 26 heavy (non-hydrogen) atoms. The average Bonchev–Trinajstić information content (AvgIpc) is 2.63. The number of aliphatic hydroxyl groups is 1. The van der Waals surface area contributed by atoms with Crippen molar-refractivity contribution in [3.63, 3.8) is 0 Å². The van der Waals surface area contributed by atoms with Gasteiger partial charge in [0.2, 0.25) is 0 Å². The lowest BCUT2D eigenvalue weighted by atomic mass is 10.1. The summed E-state index contributed by atoms with van der Waals surface area (Å²) in [6.07, 6.45) is 0. The molecule has 0 heterocycles. The van der Waals surface area contributed by atoms with Crippen LogP contribution in [0.15, 0.2) is 40.9 Å². The molecule has 0 aromatic heterocycles. The molecule has 6 heteroatoms. The van der Waals surface area contributed by atoms with E-state index in [4.69, 9.17) is 14.6 Å². The van der Waals surface area contributed by atoms with Gasteiger partial charge in [0.15, 0.2) is 11.5 Å². The van der Waals surface area contributed by atoms with Crippen molar-refractivity contribution < 1.29 is 14.6 Å². The molecule has 0 fully saturated rings. The molecule has 2 aromatic rings. The zero-order chi connectivity index (χ0) is 18.8. The number of rotatable bonds is 11. The largest absolute Gasteiger partial charge is 0.493 e. The molecule has 0 unspecified atom stereocenters. The molecule has 0 aliphatic carbocycles. The van der Waals surface area contributed by atoms with Crippen LogP contribution in [0.2, 0.25) is 0 Å². The molecule has 3 N–H and O–H groups in total. The number of halogens is 1. The van der Waals surface area contributed by atoms with E-state index in [0.717, 1.165) is 35.2 Å². The second kappa shape index (κ2) is 11.2. The molecule has 5 nitrogen and oxygen atoms in total. The van der Waals surface area contributed by atoms with Gasteiger partial charge in [0.1, 0.15) is 6.61 Å². The van der Waals surface area contributed by atoms with Gasteiger partial charge in [0.25, 0.3) is 0 Å². The molecule has 0 bridgehead atoms. The van der Waals surface area contributed by atoms with Crippen molar-refractivity contribution in [3.05, 3.63) is 57.6 Å². The van der Waals surface area contributed by atoms with Gasteiger partial charge in [0, 0.05) is 26.2 Å². The third kappa shape index (κ3) is 6.61. The van der Waals surface area contributed by atoms with Gasteiger partial charge in [-0.2, -0.15) is 0 Å². The molecule has 142 valence electrons. The Morgan fingerprint density at radius 2 is 1.85 bits per heavy atom. The Hall–Kier alpha value is -1.60. The maximum atomic E-state index is 8.73. The standard InChI is InChI=1S/C20H27BrN2O3/c1-15-4-3-5-16(10-15)14-26-20-18(21)11-17(12-19(20)25-2)13-23-7-6-22-8-9-24/h3-5,10-12,22-24H,6-9,13-14H2,1-2H3. The lowest BCUT2D eigenvalue weighted by Gasteiger charge is -2.15. The Morgan fingerprint density at radius 3 is 2.58 bits per heavy atom. The van der Waals surface area contributed by atoms with Crippen molar-refractivity contribution in [2.45, 2.75) is 20.1 Å². The highest BCUT2D eigenvalue weighted by molar-refractivity contribution is 9.10. The smallest absolute Gasteiger partial charge is 0.175 e. The number of hydrogen-bond acceptors (Lipinski definition) is 5. The van der Waals surface area contributed by atoms with E-state index in [2.05, 4.69) is 51.7 Å². The number of nitrogens with one attached hydrogen (secondary N) is 2. The molecule has 0 amide bonds. The Labute approximate surface area is 163 Å². The second-order valence-corrected chi connectivity index (χ2v) is 6.89. The van der Waals surface area contributed by atoms with Crippen molar-refractivity contribution in [1.82, 2.24) is 10.6 Å². The molecule has 0 radical (unpaired) electrons. The van der Waals surface area contributed by atoms with Crippen molar-refractivity contribution in [1.29, 1.82) is 0 Å². The minimum absolute atomic E-state index is 0.161. The fraction of sp³-hybridized carbons (Fsp3) is 0.400. The first-order chi connectivity index (χ1) is 12.6. The summed E-state index contributed by atoms with van der Waals surface area (Å²) in [7, 11) is 1.65. The Kier molecular flexibility index (Phi) is 8.91. The number of ether oxygens (including phenoxy) is 2. The third-order valence-corrected chi connectivity index (χ3v) is 4.44. The molecule has 2 rings (SSSR count). The topological polar surface area (TPSA) is 62.8 Å². The first-order valence-corrected chi connectivity index (χ1v) is 9.50. The summed E-state index contributed by atoms with van der Waals surface area (Å²) in [5, 5.41) is 15.2. The van der Waals surface area contributed by atoms with Gasteiger partial charge in [-0.05, 0) is 46.1 Å². The van der Waals surface area contributed by atoms with Crippen LogP contribution in [0.4, 0.5) is 0 Å². The van der Waals surface area contributed by atoms with Crippen LogP contribution in [0.3, 0.4) is 0 Å². The zero-order valence-electron chi connectivity index (χ0n) is 15.3. The van der Waals surface area contributed by atoms with Crippen LogP contribution < -0.4 is 20.1 Å². The van der Waals surface area contributed by atoms with E-state index in [9.17, 15) is 0 Å². The second-order valence-electron chi connectivity index (χ2n) is 6.04. The number of benzene rings is 2. The lowest BCUT2D eigenvalue weighted by molar-refractivity contribution is 0.282. The van der Waals surface area contributed by atoms with Crippen LogP contribution in [0, 0.1) is 6.92 Å². The van der Waals surface area contributed by atoms with Crippen molar-refractivity contribution in [2.24, 2.45) is 0 Å². The fourth-order valence-corrected chi connectivity index (χ4v) is 3.19. The predicted octanol–water partition coefficient (Wildman–Crippen LogP) is 3.02. The van der Waals surface area contributed by atoms with E-state index < -0.39 is 0 Å². The van der Waals surface area contributed by atoms with Crippen LogP contribution in [-0.2, 0) is 13.2 Å². The van der Waals surface area contributed by atoms with Gasteiger partial charge in [-0.15, -0.1) is 0 Å². The first-order valence-electron chi connectivity index (χ1n) is 8.71. The number of hydrogen-bond donors (Lipinski definition) is 3. The van der Waals surface area contributed by atoms with E-state index >= 15 is 0 Å². The van der Waals surface area contributed by atoms with Gasteiger partial charge in [-0.3, -0.25) is 0 Å². The van der Waals surface area contributed by atoms with E-state index in [1.807, 2.05) is 18.2 Å². The maximum absolute atomic E-state index is 8.73. The minimum Gasteiger partial charge on any atom is -0.493 e. The van der Waals surface area contributed by atoms with E-state index in [1.165, 1.54) is 5.56 Å². The van der Waals surface area contributed by atoms with Crippen LogP contribution in [0.5, 0.6) is 11.5 Å². The average molecular weight is 423 g/mol. The molecule has 0 spiro atoms. The highest BCUT2D eigenvalue weighted by atomic mass is 79.9. The van der Waals surface area contributed by atoms with Gasteiger partial charge >= 0.3 is 0 Å². The van der Waals surface area contributed by atoms with Gasteiger partial charge in [0.05, 0.1) is 18.2 Å². The summed E-state index contributed by atoms with van der Waals surface area (Å²) in [5.74, 6) is 1.42. The lowest BCUT2D eigenvalue weighted by Crippen LogP contribution is -2.28. The predicted molar refractivity (Wildman–Crippen MR) is 108 cm³/mol. The summed E-state index contributed by atoms with van der Waals surface area (Å²) in [6.45, 7) is 5.71. The Bertz CT molecular complexity index is 695. The summed E-state index contributed by atoms with van der Waals surface area (Å²) in [5.41, 5.74) is 3.45. The Balaban J connectivity index is 1.95. The van der Waals surface area contributed by atoms with Crippen LogP contribution >= 0.6 is 15.9 Å². The summed E-state index contributed by atoms with van der Waals surface area (Å²) >= 11 is 3.60. The van der Waals surface area contributed by atoms with Gasteiger partial charge < -0.3 is 25.2 Å². The normalized spacial score (nSPS) is 10.8. The summed E-state index contributed by atoms with van der Waals surface area (Å²) in [4.78, 5) is 0. The summed E-state index contributed by atoms with van der Waals surface area (Å²) < 4.78 is 12.4. The molecule has 0 aliphatic rings. The van der Waals surface area contributed by atoms with E-state index in [1.54, 1.807) is 7.11 Å². The molecule has 0 saturated carbocycles.